The number of thiophene rings is 1. The number of nitrogens with zero attached hydrogens (tertiary/aromatic N) is 2. The Morgan fingerprint density at radius 1 is 1.25 bits per heavy atom. The van der Waals surface area contributed by atoms with Crippen LogP contribution in [0.3, 0.4) is 0 Å². The standard InChI is InChI=1S/C21H17N3O3S/c1-2-27-21(26)17-18(25)16(28-20(17)24-14-7-4-3-5-8-14)11-13-12-23-19-15(13)9-6-10-22-19/h3-12,24-25H,2H2,1H3. The predicted molar refractivity (Wildman–Crippen MR) is 112 cm³/mol. The number of carbonyl (C=O) groups excluding carboxylic acids is 1. The van der Waals surface area contributed by atoms with Gasteiger partial charge in [0.05, 0.1) is 11.5 Å². The molecule has 4 rings (SSSR count). The predicted octanol–water partition coefficient (Wildman–Crippen LogP) is 5.03. The lowest BCUT2D eigenvalue weighted by Crippen LogP contribution is -2.06. The summed E-state index contributed by atoms with van der Waals surface area (Å²) in [6, 6.07) is 13.2. The lowest BCUT2D eigenvalue weighted by Gasteiger charge is -2.07. The summed E-state index contributed by atoms with van der Waals surface area (Å²) >= 11 is 1.28. The van der Waals surface area contributed by atoms with Gasteiger partial charge in [0, 0.05) is 29.2 Å². The van der Waals surface area contributed by atoms with Gasteiger partial charge in [0.2, 0.25) is 0 Å². The smallest absolute Gasteiger partial charge is 0.344 e. The van der Waals surface area contributed by atoms with Gasteiger partial charge in [-0.3, -0.25) is 0 Å². The number of rotatable bonds is 5. The zero-order valence-corrected chi connectivity index (χ0v) is 15.9. The van der Waals surface area contributed by atoms with E-state index in [0.717, 1.165) is 16.8 Å². The molecule has 0 amide bonds. The average molecular weight is 391 g/mol. The highest BCUT2D eigenvalue weighted by Crippen LogP contribution is 2.43. The van der Waals surface area contributed by atoms with E-state index in [0.29, 0.717) is 15.7 Å². The van der Waals surface area contributed by atoms with E-state index >= 15 is 0 Å². The molecule has 3 heterocycles. The van der Waals surface area contributed by atoms with Crippen molar-refractivity contribution < 1.29 is 14.6 Å². The summed E-state index contributed by atoms with van der Waals surface area (Å²) in [6.07, 6.45) is 5.18. The Labute approximate surface area is 165 Å². The fourth-order valence-electron chi connectivity index (χ4n) is 2.85. The molecular weight excluding hydrogens is 374 g/mol. The van der Waals surface area contributed by atoms with Crippen molar-refractivity contribution in [3.05, 3.63) is 64.7 Å². The zero-order valence-electron chi connectivity index (χ0n) is 15.0. The van der Waals surface area contributed by atoms with Gasteiger partial charge in [-0.1, -0.05) is 18.2 Å². The van der Waals surface area contributed by atoms with E-state index in [4.69, 9.17) is 4.74 Å². The molecule has 0 fully saturated rings. The van der Waals surface area contributed by atoms with Crippen LogP contribution in [0.1, 0.15) is 27.7 Å². The second kappa shape index (κ2) is 7.66. The molecule has 2 N–H and O–H groups in total. The molecule has 140 valence electrons. The van der Waals surface area contributed by atoms with E-state index in [2.05, 4.69) is 15.3 Å². The van der Waals surface area contributed by atoms with E-state index in [1.54, 1.807) is 25.4 Å². The highest BCUT2D eigenvalue weighted by molar-refractivity contribution is 7.18. The number of fused-ring (bicyclic) bond motifs is 1. The number of anilines is 2. The van der Waals surface area contributed by atoms with Crippen LogP contribution >= 0.6 is 11.3 Å². The minimum atomic E-state index is -0.568. The third-order valence-corrected chi connectivity index (χ3v) is 5.17. The van der Waals surface area contributed by atoms with Gasteiger partial charge in [-0.25, -0.2) is 14.8 Å². The second-order valence-electron chi connectivity index (χ2n) is 5.96. The number of allylic oxidation sites excluding steroid dienone is 1. The van der Waals surface area contributed by atoms with Gasteiger partial charge in [0.15, 0.2) is 5.82 Å². The third kappa shape index (κ3) is 3.39. The van der Waals surface area contributed by atoms with E-state index < -0.39 is 5.97 Å². The zero-order chi connectivity index (χ0) is 19.5. The number of hydrogen-bond donors (Lipinski definition) is 2. The molecule has 0 saturated carbocycles. The molecule has 3 aromatic rings. The van der Waals surface area contributed by atoms with E-state index in [9.17, 15) is 9.90 Å². The maximum Gasteiger partial charge on any atom is 0.344 e. The number of benzene rings is 1. The highest BCUT2D eigenvalue weighted by atomic mass is 32.1. The number of aromatic nitrogens is 1. The fraction of sp³-hybridized carbons (Fsp3) is 0.0952. The van der Waals surface area contributed by atoms with Crippen LogP contribution in [0.2, 0.25) is 0 Å². The molecule has 0 aliphatic carbocycles. The van der Waals surface area contributed by atoms with Crippen molar-refractivity contribution in [2.24, 2.45) is 4.99 Å². The molecular formula is C21H17N3O3S. The monoisotopic (exact) mass is 391 g/mol. The van der Waals surface area contributed by atoms with Crippen molar-refractivity contribution in [1.82, 2.24) is 4.98 Å². The molecule has 0 atom stereocenters. The van der Waals surface area contributed by atoms with Gasteiger partial charge in [-0.05, 0) is 37.3 Å². The molecule has 2 aromatic heterocycles. The number of aromatic hydroxyl groups is 1. The van der Waals surface area contributed by atoms with Crippen LogP contribution in [0.4, 0.5) is 16.5 Å². The first kappa shape index (κ1) is 17.9. The molecule has 1 aromatic carbocycles. The summed E-state index contributed by atoms with van der Waals surface area (Å²) in [5.41, 5.74) is 2.64. The fourth-order valence-corrected chi connectivity index (χ4v) is 3.91. The summed E-state index contributed by atoms with van der Waals surface area (Å²) in [5.74, 6) is -0.0420. The minimum Gasteiger partial charge on any atom is -0.505 e. The Hall–Kier alpha value is -3.45. The van der Waals surface area contributed by atoms with Crippen LogP contribution in [0.5, 0.6) is 5.75 Å². The minimum absolute atomic E-state index is 0.111. The Morgan fingerprint density at radius 3 is 2.86 bits per heavy atom. The number of hydrogen-bond acceptors (Lipinski definition) is 7. The van der Waals surface area contributed by atoms with E-state index in [-0.39, 0.29) is 17.9 Å². The molecule has 6 nitrogen and oxygen atoms in total. The van der Waals surface area contributed by atoms with Gasteiger partial charge in [-0.15, -0.1) is 11.3 Å². The van der Waals surface area contributed by atoms with Gasteiger partial charge in [0.25, 0.3) is 0 Å². The quantitative estimate of drug-likeness (QED) is 0.596. The van der Waals surface area contributed by atoms with Gasteiger partial charge in [-0.2, -0.15) is 0 Å². The van der Waals surface area contributed by atoms with Gasteiger partial charge in [0.1, 0.15) is 16.3 Å². The maximum absolute atomic E-state index is 12.5. The Morgan fingerprint density at radius 2 is 2.07 bits per heavy atom. The number of carbonyl (C=O) groups is 1. The summed E-state index contributed by atoms with van der Waals surface area (Å²) in [4.78, 5) is 21.5. The summed E-state index contributed by atoms with van der Waals surface area (Å²) in [6.45, 7) is 1.95. The van der Waals surface area contributed by atoms with Crippen molar-refractivity contribution in [2.45, 2.75) is 6.92 Å². The second-order valence-corrected chi connectivity index (χ2v) is 7.02. The average Bonchev–Trinajstić information content (AvgIpc) is 3.24. The molecule has 7 heteroatoms. The number of para-hydroxylation sites is 1. The Bertz CT molecular complexity index is 1090. The van der Waals surface area contributed by atoms with Crippen LogP contribution in [-0.4, -0.2) is 28.9 Å². The van der Waals surface area contributed by atoms with Crippen LogP contribution in [0, 0.1) is 0 Å². The number of pyridine rings is 1. The van der Waals surface area contributed by atoms with E-state index in [1.807, 2.05) is 42.5 Å². The highest BCUT2D eigenvalue weighted by Gasteiger charge is 2.25. The largest absolute Gasteiger partial charge is 0.505 e. The number of aliphatic imine (C=N–C) groups is 1. The normalized spacial score (nSPS) is 13.5. The van der Waals surface area contributed by atoms with Crippen LogP contribution in [0.25, 0.3) is 11.6 Å². The maximum atomic E-state index is 12.5. The van der Waals surface area contributed by atoms with Crippen molar-refractivity contribution in [3.8, 4) is 5.75 Å². The molecule has 0 unspecified atom stereocenters. The van der Waals surface area contributed by atoms with Crippen molar-refractivity contribution >= 4 is 51.7 Å². The number of nitrogens with one attached hydrogen (secondary N) is 1. The molecule has 1 aliphatic heterocycles. The van der Waals surface area contributed by atoms with Gasteiger partial charge < -0.3 is 15.2 Å². The molecule has 0 spiro atoms. The number of esters is 1. The topological polar surface area (TPSA) is 83.8 Å². The SMILES string of the molecule is CCOC(=O)c1c(Nc2ccccc2)sc(C=C2C=Nc3ncccc32)c1O. The summed E-state index contributed by atoms with van der Waals surface area (Å²) in [7, 11) is 0. The van der Waals surface area contributed by atoms with Crippen LogP contribution in [-0.2, 0) is 4.74 Å². The Kier molecular flexibility index (Phi) is 4.90. The van der Waals surface area contributed by atoms with Crippen molar-refractivity contribution in [1.29, 1.82) is 0 Å². The first-order valence-corrected chi connectivity index (χ1v) is 9.55. The molecule has 28 heavy (non-hydrogen) atoms. The first-order valence-electron chi connectivity index (χ1n) is 8.73. The van der Waals surface area contributed by atoms with Crippen molar-refractivity contribution in [3.63, 3.8) is 0 Å². The van der Waals surface area contributed by atoms with Crippen LogP contribution in [0.15, 0.2) is 53.7 Å². The lowest BCUT2D eigenvalue weighted by atomic mass is 10.1. The Balaban J connectivity index is 1.77. The van der Waals surface area contributed by atoms with Crippen molar-refractivity contribution in [2.75, 3.05) is 11.9 Å². The molecule has 0 saturated heterocycles. The van der Waals surface area contributed by atoms with Crippen LogP contribution < -0.4 is 5.32 Å². The third-order valence-electron chi connectivity index (χ3n) is 4.13. The van der Waals surface area contributed by atoms with E-state index in [1.165, 1.54) is 11.3 Å². The molecule has 0 radical (unpaired) electrons. The first-order chi connectivity index (χ1) is 13.7. The molecule has 1 aliphatic rings. The number of ether oxygens (including phenoxy) is 1. The summed E-state index contributed by atoms with van der Waals surface area (Å²) in [5, 5.41) is 14.5. The molecule has 0 bridgehead atoms. The lowest BCUT2D eigenvalue weighted by molar-refractivity contribution is 0.0525. The summed E-state index contributed by atoms with van der Waals surface area (Å²) < 4.78 is 5.14. The van der Waals surface area contributed by atoms with Gasteiger partial charge >= 0.3 is 5.97 Å².